The lowest BCUT2D eigenvalue weighted by Gasteiger charge is -2.18. The summed E-state index contributed by atoms with van der Waals surface area (Å²) in [4.78, 5) is 26.3. The molecule has 2 amide bonds. The maximum atomic E-state index is 12.1. The van der Waals surface area contributed by atoms with Crippen LogP contribution in [0.3, 0.4) is 0 Å². The van der Waals surface area contributed by atoms with Gasteiger partial charge in [0, 0.05) is 20.0 Å². The summed E-state index contributed by atoms with van der Waals surface area (Å²) in [6.45, 7) is 0.736. The van der Waals surface area contributed by atoms with Crippen molar-refractivity contribution in [1.29, 1.82) is 0 Å². The lowest BCUT2D eigenvalue weighted by atomic mass is 10.2. The van der Waals surface area contributed by atoms with Crippen LogP contribution in [0.4, 0.5) is 0 Å². The standard InChI is InChI=1S/C16H20N4O2S/c1-19-12-7-4-5-8-13(12)23-16(19)18-17-14(21)11-20-10-6-2-3-9-15(20)22/h4-5,7-8H,2-3,6,9-11H2,1H3,(H,17,21). The fourth-order valence-electron chi connectivity index (χ4n) is 2.71. The van der Waals surface area contributed by atoms with Crippen LogP contribution in [0.5, 0.6) is 0 Å². The Morgan fingerprint density at radius 1 is 1.30 bits per heavy atom. The number of hydrogen-bond acceptors (Lipinski definition) is 4. The molecule has 1 aliphatic rings. The molecule has 0 unspecified atom stereocenters. The van der Waals surface area contributed by atoms with E-state index in [0.717, 1.165) is 34.3 Å². The van der Waals surface area contributed by atoms with E-state index in [0.29, 0.717) is 13.0 Å². The highest BCUT2D eigenvalue weighted by Gasteiger charge is 2.18. The zero-order valence-corrected chi connectivity index (χ0v) is 13.9. The highest BCUT2D eigenvalue weighted by molar-refractivity contribution is 7.16. The Kier molecular flexibility index (Phi) is 4.76. The van der Waals surface area contributed by atoms with Crippen LogP contribution in [0.2, 0.25) is 0 Å². The first-order valence-electron chi connectivity index (χ1n) is 7.80. The van der Waals surface area contributed by atoms with Gasteiger partial charge in [0.25, 0.3) is 5.91 Å². The molecule has 7 heteroatoms. The first kappa shape index (κ1) is 15.7. The van der Waals surface area contributed by atoms with Crippen molar-refractivity contribution in [3.63, 3.8) is 0 Å². The molecule has 2 heterocycles. The van der Waals surface area contributed by atoms with Crippen molar-refractivity contribution in [2.24, 2.45) is 12.1 Å². The Bertz CT molecular complexity index is 793. The van der Waals surface area contributed by atoms with Crippen molar-refractivity contribution in [2.75, 3.05) is 13.1 Å². The molecule has 0 radical (unpaired) electrons. The van der Waals surface area contributed by atoms with Crippen molar-refractivity contribution in [3.8, 4) is 0 Å². The molecule has 0 saturated carbocycles. The highest BCUT2D eigenvalue weighted by Crippen LogP contribution is 2.15. The second kappa shape index (κ2) is 6.95. The number of benzene rings is 1. The molecule has 1 aliphatic heterocycles. The molecule has 0 bridgehead atoms. The van der Waals surface area contributed by atoms with Crippen molar-refractivity contribution < 1.29 is 9.59 Å². The summed E-state index contributed by atoms with van der Waals surface area (Å²) < 4.78 is 3.06. The van der Waals surface area contributed by atoms with Crippen LogP contribution in [0.25, 0.3) is 10.2 Å². The zero-order valence-electron chi connectivity index (χ0n) is 13.1. The van der Waals surface area contributed by atoms with Gasteiger partial charge in [-0.2, -0.15) is 0 Å². The number of thiazole rings is 1. The number of nitrogens with one attached hydrogen (secondary N) is 1. The third-order valence-electron chi connectivity index (χ3n) is 4.00. The van der Waals surface area contributed by atoms with Gasteiger partial charge in [-0.1, -0.05) is 29.9 Å². The van der Waals surface area contributed by atoms with Crippen LogP contribution in [0.1, 0.15) is 25.7 Å². The summed E-state index contributed by atoms with van der Waals surface area (Å²) in [6, 6.07) is 7.99. The second-order valence-corrected chi connectivity index (χ2v) is 6.69. The monoisotopic (exact) mass is 332 g/mol. The number of aryl methyl sites for hydroxylation is 1. The van der Waals surface area contributed by atoms with Crippen LogP contribution in [-0.2, 0) is 16.6 Å². The van der Waals surface area contributed by atoms with Crippen LogP contribution in [-0.4, -0.2) is 34.4 Å². The summed E-state index contributed by atoms with van der Waals surface area (Å²) in [5.74, 6) is -0.192. The lowest BCUT2D eigenvalue weighted by Crippen LogP contribution is -2.39. The molecule has 0 atom stereocenters. The first-order valence-corrected chi connectivity index (χ1v) is 8.62. The Morgan fingerprint density at radius 3 is 2.96 bits per heavy atom. The average molecular weight is 332 g/mol. The van der Waals surface area contributed by atoms with E-state index >= 15 is 0 Å². The van der Waals surface area contributed by atoms with Gasteiger partial charge in [0.05, 0.1) is 10.2 Å². The number of rotatable bonds is 3. The van der Waals surface area contributed by atoms with Crippen LogP contribution >= 0.6 is 11.3 Å². The minimum absolute atomic E-state index is 0.0602. The van der Waals surface area contributed by atoms with Gasteiger partial charge in [0.1, 0.15) is 6.54 Å². The van der Waals surface area contributed by atoms with Crippen molar-refractivity contribution in [1.82, 2.24) is 14.9 Å². The highest BCUT2D eigenvalue weighted by atomic mass is 32.1. The maximum Gasteiger partial charge on any atom is 0.259 e. The third-order valence-corrected chi connectivity index (χ3v) is 5.11. The van der Waals surface area contributed by atoms with Gasteiger partial charge in [0.15, 0.2) is 0 Å². The Balaban J connectivity index is 1.69. The fraction of sp³-hybridized carbons (Fsp3) is 0.438. The number of carbonyl (C=O) groups excluding carboxylic acids is 2. The molecule has 1 aromatic carbocycles. The molecule has 6 nitrogen and oxygen atoms in total. The largest absolute Gasteiger partial charge is 0.333 e. The van der Waals surface area contributed by atoms with Crippen LogP contribution in [0.15, 0.2) is 29.4 Å². The van der Waals surface area contributed by atoms with Gasteiger partial charge in [-0.15, -0.1) is 5.10 Å². The number of likely N-dealkylation sites (tertiary alicyclic amines) is 1. The molecule has 3 rings (SSSR count). The van der Waals surface area contributed by atoms with E-state index in [4.69, 9.17) is 0 Å². The molecule has 122 valence electrons. The van der Waals surface area contributed by atoms with E-state index in [9.17, 15) is 9.59 Å². The van der Waals surface area contributed by atoms with E-state index in [1.54, 1.807) is 4.90 Å². The van der Waals surface area contributed by atoms with E-state index in [1.807, 2.05) is 35.9 Å². The topological polar surface area (TPSA) is 66.7 Å². The molecular weight excluding hydrogens is 312 g/mol. The van der Waals surface area contributed by atoms with Gasteiger partial charge in [-0.3, -0.25) is 9.59 Å². The molecule has 0 spiro atoms. The van der Waals surface area contributed by atoms with Gasteiger partial charge in [-0.25, -0.2) is 5.43 Å². The second-order valence-electron chi connectivity index (χ2n) is 5.68. The number of nitrogens with zero attached hydrogens (tertiary/aromatic N) is 3. The quantitative estimate of drug-likeness (QED) is 0.867. The van der Waals surface area contributed by atoms with Crippen LogP contribution < -0.4 is 10.2 Å². The van der Waals surface area contributed by atoms with Crippen LogP contribution in [0, 0.1) is 0 Å². The van der Waals surface area contributed by atoms with Crippen molar-refractivity contribution in [3.05, 3.63) is 29.1 Å². The molecule has 1 fully saturated rings. The van der Waals surface area contributed by atoms with Gasteiger partial charge < -0.3 is 9.47 Å². The summed E-state index contributed by atoms with van der Waals surface area (Å²) in [6.07, 6.45) is 3.46. The Hall–Kier alpha value is -2.15. The van der Waals surface area contributed by atoms with Crippen molar-refractivity contribution in [2.45, 2.75) is 25.7 Å². The Morgan fingerprint density at radius 2 is 2.13 bits per heavy atom. The number of para-hydroxylation sites is 1. The van der Waals surface area contributed by atoms with E-state index < -0.39 is 0 Å². The maximum absolute atomic E-state index is 12.1. The lowest BCUT2D eigenvalue weighted by molar-refractivity contribution is -0.135. The van der Waals surface area contributed by atoms with E-state index in [2.05, 4.69) is 10.5 Å². The Labute approximate surface area is 138 Å². The normalized spacial score (nSPS) is 16.7. The smallest absolute Gasteiger partial charge is 0.259 e. The molecule has 1 saturated heterocycles. The molecule has 1 aromatic heterocycles. The van der Waals surface area contributed by atoms with E-state index in [1.165, 1.54) is 11.3 Å². The molecule has 2 aromatic rings. The molecule has 0 aliphatic carbocycles. The zero-order chi connectivity index (χ0) is 16.2. The number of hydrogen-bond donors (Lipinski definition) is 1. The fourth-order valence-corrected chi connectivity index (χ4v) is 3.69. The SMILES string of the molecule is Cn1c(=NNC(=O)CN2CCCCCC2=O)sc2ccccc21. The van der Waals surface area contributed by atoms with Gasteiger partial charge in [0.2, 0.25) is 10.7 Å². The average Bonchev–Trinajstić information content (AvgIpc) is 2.73. The van der Waals surface area contributed by atoms with Crippen molar-refractivity contribution >= 4 is 33.4 Å². The minimum Gasteiger partial charge on any atom is -0.333 e. The van der Waals surface area contributed by atoms with Gasteiger partial charge in [-0.05, 0) is 25.0 Å². The summed E-state index contributed by atoms with van der Waals surface area (Å²) in [7, 11) is 1.92. The summed E-state index contributed by atoms with van der Waals surface area (Å²) in [5.41, 5.74) is 3.65. The molecular formula is C16H20N4O2S. The summed E-state index contributed by atoms with van der Waals surface area (Å²) >= 11 is 1.52. The number of aromatic nitrogens is 1. The number of carbonyl (C=O) groups is 2. The molecule has 23 heavy (non-hydrogen) atoms. The molecule has 1 N–H and O–H groups in total. The van der Waals surface area contributed by atoms with Gasteiger partial charge >= 0.3 is 0 Å². The third kappa shape index (κ3) is 3.61. The minimum atomic E-state index is -0.252. The predicted octanol–water partition coefficient (Wildman–Crippen LogP) is 1.57. The van der Waals surface area contributed by atoms with E-state index in [-0.39, 0.29) is 18.4 Å². The first-order chi connectivity index (χ1) is 11.1. The predicted molar refractivity (Wildman–Crippen MR) is 89.5 cm³/mol. The number of amides is 2. The number of fused-ring (bicyclic) bond motifs is 1. The summed E-state index contributed by atoms with van der Waals surface area (Å²) in [5, 5.41) is 4.20.